The fraction of sp³-hybridized carbons (Fsp3) is 0.810. The van der Waals surface area contributed by atoms with E-state index in [1.54, 1.807) is 0 Å². The number of aliphatic hydroxyl groups excluding tert-OH is 1. The van der Waals surface area contributed by atoms with Crippen LogP contribution in [0.15, 0.2) is 11.6 Å². The maximum atomic E-state index is 12.7. The van der Waals surface area contributed by atoms with Crippen LogP contribution in [0.2, 0.25) is 0 Å². The van der Waals surface area contributed by atoms with Gasteiger partial charge in [0.25, 0.3) is 0 Å². The van der Waals surface area contributed by atoms with E-state index in [9.17, 15) is 14.7 Å². The second-order valence-electron chi connectivity index (χ2n) is 9.31. The summed E-state index contributed by atoms with van der Waals surface area (Å²) >= 11 is 0. The summed E-state index contributed by atoms with van der Waals surface area (Å²) in [6, 6.07) is 0. The minimum absolute atomic E-state index is 0.0186. The van der Waals surface area contributed by atoms with Crippen molar-refractivity contribution in [2.24, 2.45) is 28.6 Å². The van der Waals surface area contributed by atoms with E-state index in [1.807, 2.05) is 0 Å². The lowest BCUT2D eigenvalue weighted by Gasteiger charge is -2.58. The summed E-state index contributed by atoms with van der Waals surface area (Å²) < 4.78 is 5.84. The molecule has 25 heavy (non-hydrogen) atoms. The van der Waals surface area contributed by atoms with Crippen LogP contribution < -0.4 is 0 Å². The summed E-state index contributed by atoms with van der Waals surface area (Å²) in [4.78, 5) is 24.5. The highest BCUT2D eigenvalue weighted by atomic mass is 16.5. The van der Waals surface area contributed by atoms with Gasteiger partial charge >= 0.3 is 5.97 Å². The number of carbonyl (C=O) groups excluding carboxylic acids is 2. The third kappa shape index (κ3) is 2.43. The zero-order valence-corrected chi connectivity index (χ0v) is 15.6. The van der Waals surface area contributed by atoms with E-state index in [0.29, 0.717) is 30.5 Å². The van der Waals surface area contributed by atoms with Gasteiger partial charge in [-0.25, -0.2) is 0 Å². The van der Waals surface area contributed by atoms with Gasteiger partial charge in [0.2, 0.25) is 0 Å². The number of rotatable bonds is 1. The predicted octanol–water partition coefficient (Wildman–Crippen LogP) is 3.42. The van der Waals surface area contributed by atoms with Crippen molar-refractivity contribution in [2.45, 2.75) is 77.9 Å². The van der Waals surface area contributed by atoms with Crippen molar-refractivity contribution in [1.29, 1.82) is 0 Å². The van der Waals surface area contributed by atoms with Gasteiger partial charge in [0.15, 0.2) is 0 Å². The first-order valence-electron chi connectivity index (χ1n) is 9.84. The smallest absolute Gasteiger partial charge is 0.302 e. The molecule has 0 bridgehead atoms. The molecule has 4 nitrogen and oxygen atoms in total. The fourth-order valence-electron chi connectivity index (χ4n) is 6.83. The molecule has 3 saturated carbocycles. The van der Waals surface area contributed by atoms with E-state index in [-0.39, 0.29) is 34.9 Å². The molecular weight excluding hydrogens is 316 g/mol. The Labute approximate surface area is 150 Å². The Morgan fingerprint density at radius 3 is 2.76 bits per heavy atom. The van der Waals surface area contributed by atoms with Crippen molar-refractivity contribution in [3.05, 3.63) is 11.6 Å². The van der Waals surface area contributed by atoms with Crippen LogP contribution in [0.1, 0.15) is 65.7 Å². The highest BCUT2D eigenvalue weighted by molar-refractivity contribution is 5.87. The Hall–Kier alpha value is -1.16. The summed E-state index contributed by atoms with van der Waals surface area (Å²) in [6.07, 6.45) is 7.67. The first kappa shape index (κ1) is 17.3. The summed E-state index contributed by atoms with van der Waals surface area (Å²) in [5, 5.41) is 10.1. The highest BCUT2D eigenvalue weighted by Crippen LogP contribution is 2.64. The minimum atomic E-state index is -0.336. The van der Waals surface area contributed by atoms with E-state index in [0.717, 1.165) is 32.1 Å². The van der Waals surface area contributed by atoms with Crippen LogP contribution in [0.3, 0.4) is 0 Å². The number of allylic oxidation sites excluding steroid dienone is 1. The zero-order valence-electron chi connectivity index (χ0n) is 15.6. The average molecular weight is 346 g/mol. The quantitative estimate of drug-likeness (QED) is 0.584. The van der Waals surface area contributed by atoms with Crippen molar-refractivity contribution in [1.82, 2.24) is 0 Å². The summed E-state index contributed by atoms with van der Waals surface area (Å²) in [5.74, 6) is 1.18. The molecule has 7 atom stereocenters. The first-order valence-corrected chi connectivity index (χ1v) is 9.84. The third-order valence-corrected chi connectivity index (χ3v) is 8.02. The molecule has 4 aliphatic carbocycles. The summed E-state index contributed by atoms with van der Waals surface area (Å²) in [6.45, 7) is 5.88. The molecule has 0 radical (unpaired) electrons. The second-order valence-corrected chi connectivity index (χ2v) is 9.31. The predicted molar refractivity (Wildman–Crippen MR) is 93.7 cm³/mol. The Morgan fingerprint density at radius 1 is 1.28 bits per heavy atom. The van der Waals surface area contributed by atoms with Gasteiger partial charge in [0.1, 0.15) is 11.9 Å². The molecule has 0 spiro atoms. The number of carbonyl (C=O) groups is 2. The number of ether oxygens (including phenoxy) is 1. The molecule has 3 fully saturated rings. The Bertz CT molecular complexity index is 638. The van der Waals surface area contributed by atoms with E-state index in [1.165, 1.54) is 12.5 Å². The molecule has 0 heterocycles. The number of ketones is 1. The van der Waals surface area contributed by atoms with Crippen LogP contribution in [0, 0.1) is 28.6 Å². The number of hydrogen-bond acceptors (Lipinski definition) is 4. The van der Waals surface area contributed by atoms with Crippen LogP contribution >= 0.6 is 0 Å². The van der Waals surface area contributed by atoms with E-state index in [2.05, 4.69) is 19.9 Å². The topological polar surface area (TPSA) is 63.6 Å². The van der Waals surface area contributed by atoms with Gasteiger partial charge in [-0.15, -0.1) is 0 Å². The van der Waals surface area contributed by atoms with Gasteiger partial charge in [0, 0.05) is 24.7 Å². The summed E-state index contributed by atoms with van der Waals surface area (Å²) in [7, 11) is 0. The lowest BCUT2D eigenvalue weighted by atomic mass is 9.47. The number of fused-ring (bicyclic) bond motifs is 5. The van der Waals surface area contributed by atoms with Gasteiger partial charge in [-0.05, 0) is 55.8 Å². The molecule has 138 valence electrons. The van der Waals surface area contributed by atoms with Crippen molar-refractivity contribution in [3.63, 3.8) is 0 Å². The van der Waals surface area contributed by atoms with Crippen molar-refractivity contribution in [3.8, 4) is 0 Å². The lowest BCUT2D eigenvalue weighted by molar-refractivity contribution is -0.173. The van der Waals surface area contributed by atoms with Crippen molar-refractivity contribution < 1.29 is 19.4 Å². The molecule has 0 aromatic carbocycles. The molecule has 0 aliphatic heterocycles. The van der Waals surface area contributed by atoms with E-state index < -0.39 is 0 Å². The SMILES string of the molecule is CC(=O)O[C@H]1C[C@]2(C)C(=O)CC[C@H]2[C@@H]2CC=C3C[C@@H](O)CC[C@]3(C)[C@H]21. The van der Waals surface area contributed by atoms with E-state index in [4.69, 9.17) is 4.74 Å². The Morgan fingerprint density at radius 2 is 2.04 bits per heavy atom. The maximum Gasteiger partial charge on any atom is 0.302 e. The molecule has 4 aliphatic rings. The Kier molecular flexibility index (Phi) is 3.91. The fourth-order valence-corrected chi connectivity index (χ4v) is 6.83. The highest BCUT2D eigenvalue weighted by Gasteiger charge is 2.62. The molecular formula is C21H30O4. The van der Waals surface area contributed by atoms with Gasteiger partial charge < -0.3 is 9.84 Å². The number of esters is 1. The van der Waals surface area contributed by atoms with Crippen molar-refractivity contribution >= 4 is 11.8 Å². The minimum Gasteiger partial charge on any atom is -0.462 e. The molecule has 0 aromatic rings. The van der Waals surface area contributed by atoms with Crippen LogP contribution in [0.25, 0.3) is 0 Å². The van der Waals surface area contributed by atoms with Crippen LogP contribution in [0.4, 0.5) is 0 Å². The molecule has 4 rings (SSSR count). The largest absolute Gasteiger partial charge is 0.462 e. The third-order valence-electron chi connectivity index (χ3n) is 8.02. The molecule has 1 N–H and O–H groups in total. The average Bonchev–Trinajstić information content (AvgIpc) is 2.82. The molecule has 0 aromatic heterocycles. The normalized spacial score (nSPS) is 48.9. The maximum absolute atomic E-state index is 12.7. The lowest BCUT2D eigenvalue weighted by Crippen LogP contribution is -2.57. The second kappa shape index (κ2) is 5.67. The van der Waals surface area contributed by atoms with Gasteiger partial charge in [-0.1, -0.05) is 25.5 Å². The van der Waals surface area contributed by atoms with Crippen LogP contribution in [-0.2, 0) is 14.3 Å². The van der Waals surface area contributed by atoms with Gasteiger partial charge in [-0.3, -0.25) is 9.59 Å². The van der Waals surface area contributed by atoms with Crippen molar-refractivity contribution in [2.75, 3.05) is 0 Å². The van der Waals surface area contributed by atoms with Crippen LogP contribution in [0.5, 0.6) is 0 Å². The molecule has 0 unspecified atom stereocenters. The molecule has 0 amide bonds. The number of hydrogen-bond donors (Lipinski definition) is 1. The Balaban J connectivity index is 1.77. The number of aliphatic hydroxyl groups is 1. The standard InChI is InChI=1S/C21H30O4/c1-12(22)25-17-11-21(3)16(6-7-18(21)24)15-5-4-13-10-14(23)8-9-20(13,2)19(15)17/h4,14-17,19,23H,5-11H2,1-3H3/t14-,15-,16-,17-,19+,20-,21-/m0/s1. The van der Waals surface area contributed by atoms with Gasteiger partial charge in [0.05, 0.1) is 6.10 Å². The monoisotopic (exact) mass is 346 g/mol. The molecule has 0 saturated heterocycles. The number of Topliss-reactive ketones (excluding diaryl/α,β-unsaturated/α-hetero) is 1. The van der Waals surface area contributed by atoms with E-state index >= 15 is 0 Å². The zero-order chi connectivity index (χ0) is 18.0. The van der Waals surface area contributed by atoms with Crippen LogP contribution in [-0.4, -0.2) is 29.1 Å². The molecule has 4 heteroatoms. The van der Waals surface area contributed by atoms with Gasteiger partial charge in [-0.2, -0.15) is 0 Å². The first-order chi connectivity index (χ1) is 11.8. The summed E-state index contributed by atoms with van der Waals surface area (Å²) in [5.41, 5.74) is 0.990.